The number of nitrogens with zero attached hydrogens (tertiary/aromatic N) is 3. The van der Waals surface area contributed by atoms with Crippen LogP contribution < -0.4 is 0 Å². The molecule has 0 aliphatic carbocycles. The minimum atomic E-state index is 0.641. The lowest BCUT2D eigenvalue weighted by atomic mass is 9.92. The molecule has 0 unspecified atom stereocenters. The molecule has 9 aromatic rings. The van der Waals surface area contributed by atoms with E-state index in [1.165, 1.54) is 32.6 Å². The van der Waals surface area contributed by atoms with Crippen molar-refractivity contribution in [1.82, 2.24) is 9.13 Å². The average molecular weight is 586 g/mol. The van der Waals surface area contributed by atoms with Crippen LogP contribution in [-0.4, -0.2) is 9.13 Å². The lowest BCUT2D eigenvalue weighted by molar-refractivity contribution is 1.17. The average Bonchev–Trinajstić information content (AvgIpc) is 3.64. The Morgan fingerprint density at radius 1 is 0.370 bits per heavy atom. The Morgan fingerprint density at radius 3 is 1.39 bits per heavy atom. The Morgan fingerprint density at radius 2 is 0.826 bits per heavy atom. The Balaban J connectivity index is 1.39. The second-order valence-corrected chi connectivity index (χ2v) is 11.6. The second-order valence-electron chi connectivity index (χ2n) is 11.6. The predicted octanol–water partition coefficient (Wildman–Crippen LogP) is 11.8. The molecule has 46 heavy (non-hydrogen) atoms. The fourth-order valence-corrected chi connectivity index (χ4v) is 7.21. The zero-order valence-electron chi connectivity index (χ0n) is 24.9. The molecule has 9 rings (SSSR count). The molecule has 0 saturated heterocycles. The van der Waals surface area contributed by atoms with Crippen molar-refractivity contribution < 1.29 is 0 Å². The Labute approximate surface area is 266 Å². The van der Waals surface area contributed by atoms with Gasteiger partial charge in [-0.05, 0) is 59.2 Å². The normalized spacial score (nSPS) is 11.5. The Kier molecular flexibility index (Phi) is 5.88. The fraction of sp³-hybridized carbons (Fsp3) is 0. The molecule has 0 fully saturated rings. The molecule has 0 aliphatic rings. The van der Waals surface area contributed by atoms with Gasteiger partial charge >= 0.3 is 0 Å². The van der Waals surface area contributed by atoms with Gasteiger partial charge in [0.2, 0.25) is 0 Å². The van der Waals surface area contributed by atoms with E-state index in [9.17, 15) is 0 Å². The molecule has 0 amide bonds. The lowest BCUT2D eigenvalue weighted by Crippen LogP contribution is -2.00. The number of para-hydroxylation sites is 6. The zero-order valence-corrected chi connectivity index (χ0v) is 24.9. The van der Waals surface area contributed by atoms with Crippen LogP contribution >= 0.6 is 0 Å². The van der Waals surface area contributed by atoms with Crippen LogP contribution in [0.3, 0.4) is 0 Å². The molecule has 3 nitrogen and oxygen atoms in total. The number of fused-ring (bicyclic) bond motifs is 6. The molecule has 2 aromatic heterocycles. The number of aromatic nitrogens is 2. The van der Waals surface area contributed by atoms with Gasteiger partial charge in [-0.3, -0.25) is 0 Å². The van der Waals surface area contributed by atoms with E-state index in [2.05, 4.69) is 160 Å². The maximum Gasteiger partial charge on any atom is 0.194 e. The largest absolute Gasteiger partial charge is 0.309 e. The molecule has 7 aromatic carbocycles. The van der Waals surface area contributed by atoms with Gasteiger partial charge in [0, 0.05) is 32.8 Å². The summed E-state index contributed by atoms with van der Waals surface area (Å²) in [6.45, 7) is 8.00. The third-order valence-electron chi connectivity index (χ3n) is 9.17. The van der Waals surface area contributed by atoms with E-state index in [-0.39, 0.29) is 0 Å². The monoisotopic (exact) mass is 585 g/mol. The summed E-state index contributed by atoms with van der Waals surface area (Å²) in [6.07, 6.45) is 0. The first kappa shape index (κ1) is 26.1. The van der Waals surface area contributed by atoms with Crippen molar-refractivity contribution in [3.63, 3.8) is 0 Å². The van der Waals surface area contributed by atoms with Gasteiger partial charge in [-0.2, -0.15) is 0 Å². The molecule has 0 bridgehead atoms. The Bertz CT molecular complexity index is 2560. The summed E-state index contributed by atoms with van der Waals surface area (Å²) < 4.78 is 4.75. The second kappa shape index (κ2) is 10.4. The third kappa shape index (κ3) is 3.84. The highest BCUT2D eigenvalue weighted by Gasteiger charge is 2.20. The first-order valence-electron chi connectivity index (χ1n) is 15.5. The van der Waals surface area contributed by atoms with Gasteiger partial charge in [0.05, 0.1) is 34.3 Å². The maximum atomic E-state index is 8.00. The summed E-state index contributed by atoms with van der Waals surface area (Å²) in [5.74, 6) is 0. The van der Waals surface area contributed by atoms with Crippen LogP contribution in [0.15, 0.2) is 164 Å². The van der Waals surface area contributed by atoms with Crippen molar-refractivity contribution in [3.05, 3.63) is 175 Å². The molecule has 3 heteroatoms. The van der Waals surface area contributed by atoms with E-state index < -0.39 is 0 Å². The summed E-state index contributed by atoms with van der Waals surface area (Å²) in [5.41, 5.74) is 11.6. The van der Waals surface area contributed by atoms with Gasteiger partial charge < -0.3 is 9.13 Å². The third-order valence-corrected chi connectivity index (χ3v) is 9.17. The highest BCUT2D eigenvalue weighted by Crippen LogP contribution is 2.43. The fourth-order valence-electron chi connectivity index (χ4n) is 7.21. The minimum Gasteiger partial charge on any atom is -0.309 e. The standard InChI is InChI=1S/C43H27N3/c1-44-38-20-8-2-14-31(38)30-27-26-29(45-39-21-9-3-15-32(39)33-16-4-10-22-40(33)45)28-37(30)36-19-7-13-25-43(36)46-41-23-11-5-17-34(41)35-18-6-12-24-42(35)46/h2-28H. The summed E-state index contributed by atoms with van der Waals surface area (Å²) in [4.78, 5) is 3.93. The molecule has 0 N–H and O–H groups in total. The SMILES string of the molecule is [C-]#[N+]c1ccccc1-c1ccc(-n2c3ccccc3c3ccccc32)cc1-c1ccccc1-n1c2ccccc2c2ccccc21. The molecule has 2 heterocycles. The zero-order chi connectivity index (χ0) is 30.6. The van der Waals surface area contributed by atoms with E-state index in [0.717, 1.165) is 44.7 Å². The van der Waals surface area contributed by atoms with Crippen molar-refractivity contribution in [2.75, 3.05) is 0 Å². The van der Waals surface area contributed by atoms with Crippen LogP contribution in [0, 0.1) is 6.57 Å². The van der Waals surface area contributed by atoms with Crippen molar-refractivity contribution in [3.8, 4) is 33.6 Å². The van der Waals surface area contributed by atoms with Crippen LogP contribution in [-0.2, 0) is 0 Å². The number of hydrogen-bond acceptors (Lipinski definition) is 0. The number of rotatable bonds is 4. The van der Waals surface area contributed by atoms with Gasteiger partial charge in [-0.15, -0.1) is 0 Å². The van der Waals surface area contributed by atoms with Crippen LogP contribution in [0.2, 0.25) is 0 Å². The first-order chi connectivity index (χ1) is 22.8. The van der Waals surface area contributed by atoms with E-state index in [1.807, 2.05) is 18.2 Å². The highest BCUT2D eigenvalue weighted by molar-refractivity contribution is 6.11. The van der Waals surface area contributed by atoms with E-state index in [0.29, 0.717) is 5.69 Å². The summed E-state index contributed by atoms with van der Waals surface area (Å²) in [6, 6.07) is 57.8. The van der Waals surface area contributed by atoms with E-state index >= 15 is 0 Å². The van der Waals surface area contributed by atoms with Crippen LogP contribution in [0.1, 0.15) is 0 Å². The maximum absolute atomic E-state index is 8.00. The summed E-state index contributed by atoms with van der Waals surface area (Å²) >= 11 is 0. The smallest absolute Gasteiger partial charge is 0.194 e. The quantitative estimate of drug-likeness (QED) is 0.182. The van der Waals surface area contributed by atoms with Crippen LogP contribution in [0.25, 0.3) is 82.1 Å². The van der Waals surface area contributed by atoms with E-state index in [1.54, 1.807) is 0 Å². The first-order valence-corrected chi connectivity index (χ1v) is 15.5. The van der Waals surface area contributed by atoms with Gasteiger partial charge in [0.15, 0.2) is 5.69 Å². The molecule has 0 saturated carbocycles. The van der Waals surface area contributed by atoms with E-state index in [4.69, 9.17) is 6.57 Å². The minimum absolute atomic E-state index is 0.641. The lowest BCUT2D eigenvalue weighted by Gasteiger charge is -2.19. The molecule has 0 spiro atoms. The van der Waals surface area contributed by atoms with Gasteiger partial charge in [-0.25, -0.2) is 4.85 Å². The van der Waals surface area contributed by atoms with Crippen LogP contribution in [0.4, 0.5) is 5.69 Å². The number of benzene rings is 7. The highest BCUT2D eigenvalue weighted by atomic mass is 15.0. The van der Waals surface area contributed by atoms with Crippen molar-refractivity contribution in [1.29, 1.82) is 0 Å². The molecule has 0 radical (unpaired) electrons. The molecule has 214 valence electrons. The van der Waals surface area contributed by atoms with Gasteiger partial charge in [0.1, 0.15) is 0 Å². The van der Waals surface area contributed by atoms with Gasteiger partial charge in [0.25, 0.3) is 0 Å². The van der Waals surface area contributed by atoms with Crippen molar-refractivity contribution in [2.45, 2.75) is 0 Å². The molecule has 0 aliphatic heterocycles. The number of hydrogen-bond donors (Lipinski definition) is 0. The predicted molar refractivity (Wildman–Crippen MR) is 192 cm³/mol. The summed E-state index contributed by atoms with van der Waals surface area (Å²) in [7, 11) is 0. The van der Waals surface area contributed by atoms with Crippen molar-refractivity contribution >= 4 is 49.3 Å². The Hall–Kier alpha value is -6.37. The molecular weight excluding hydrogens is 558 g/mol. The molecular formula is C43H27N3. The van der Waals surface area contributed by atoms with Crippen LogP contribution in [0.5, 0.6) is 0 Å². The topological polar surface area (TPSA) is 14.2 Å². The van der Waals surface area contributed by atoms with Gasteiger partial charge in [-0.1, -0.05) is 121 Å². The van der Waals surface area contributed by atoms with Crippen molar-refractivity contribution in [2.24, 2.45) is 0 Å². The molecule has 0 atom stereocenters. The summed E-state index contributed by atoms with van der Waals surface area (Å²) in [5, 5.41) is 4.91.